The monoisotopic (exact) mass is 446 g/mol. The number of nitrogens with one attached hydrogen (secondary N) is 1. The van der Waals surface area contributed by atoms with Crippen LogP contribution in [0, 0.1) is 28.4 Å². The van der Waals surface area contributed by atoms with Crippen LogP contribution >= 0.6 is 0 Å². The van der Waals surface area contributed by atoms with Crippen molar-refractivity contribution in [3.8, 4) is 34.6 Å². The van der Waals surface area contributed by atoms with Gasteiger partial charge < -0.3 is 14.2 Å². The lowest BCUT2D eigenvalue weighted by atomic mass is 9.97. The third-order valence-electron chi connectivity index (χ3n) is 5.51. The predicted octanol–water partition coefficient (Wildman–Crippen LogP) is 4.08. The molecule has 0 fully saturated rings. The fourth-order valence-electron chi connectivity index (χ4n) is 3.79. The van der Waals surface area contributed by atoms with E-state index >= 15 is 0 Å². The summed E-state index contributed by atoms with van der Waals surface area (Å²) in [5.41, 5.74) is 3.75. The van der Waals surface area contributed by atoms with Crippen molar-refractivity contribution in [1.82, 2.24) is 10.3 Å². The van der Waals surface area contributed by atoms with Crippen molar-refractivity contribution < 1.29 is 19.1 Å². The largest absolute Gasteiger partial charge is 0.493 e. The first-order valence-corrected chi connectivity index (χ1v) is 10.3. The number of hydrogen-bond donors (Lipinski definition) is 1. The minimum Gasteiger partial charge on any atom is -0.493 e. The van der Waals surface area contributed by atoms with Gasteiger partial charge >= 0.3 is 0 Å². The van der Waals surface area contributed by atoms with Crippen LogP contribution in [0.15, 0.2) is 42.5 Å². The smallest absolute Gasteiger partial charge is 0.270 e. The van der Waals surface area contributed by atoms with Gasteiger partial charge in [-0.2, -0.15) is 5.26 Å². The highest BCUT2D eigenvalue weighted by atomic mass is 16.6. The zero-order valence-electron chi connectivity index (χ0n) is 18.4. The van der Waals surface area contributed by atoms with E-state index in [0.29, 0.717) is 58.3 Å². The van der Waals surface area contributed by atoms with Crippen LogP contribution in [0.2, 0.25) is 0 Å². The average Bonchev–Trinajstić information content (AvgIpc) is 2.83. The van der Waals surface area contributed by atoms with Crippen molar-refractivity contribution in [3.63, 3.8) is 0 Å². The molecule has 9 heteroatoms. The summed E-state index contributed by atoms with van der Waals surface area (Å²) in [5, 5.41) is 24.1. The topological polar surface area (TPSA) is 120 Å². The molecule has 0 radical (unpaired) electrons. The molecule has 0 spiro atoms. The van der Waals surface area contributed by atoms with E-state index in [9.17, 15) is 15.4 Å². The number of fused-ring (bicyclic) bond motifs is 3. The summed E-state index contributed by atoms with van der Waals surface area (Å²) in [5.74, 6) is 1.81. The number of methoxy groups -OCH3 is 2. The molecule has 1 aliphatic heterocycles. The van der Waals surface area contributed by atoms with Crippen LogP contribution in [0.1, 0.15) is 28.6 Å². The van der Waals surface area contributed by atoms with Gasteiger partial charge in [-0.05, 0) is 43.2 Å². The SMILES string of the molecule is COc1ccc(CCN[C@@H]2Oc3ccc([N+](=O)[O-])cc3-c3nc(C)c(C#N)cc32)cc1OC. The summed E-state index contributed by atoms with van der Waals surface area (Å²) < 4.78 is 16.8. The van der Waals surface area contributed by atoms with Gasteiger partial charge in [0, 0.05) is 29.8 Å². The van der Waals surface area contributed by atoms with Gasteiger partial charge in [0.15, 0.2) is 17.7 Å². The van der Waals surface area contributed by atoms with Gasteiger partial charge in [-0.3, -0.25) is 20.4 Å². The molecule has 3 aromatic rings. The van der Waals surface area contributed by atoms with E-state index in [2.05, 4.69) is 16.4 Å². The van der Waals surface area contributed by atoms with Crippen molar-refractivity contribution in [2.45, 2.75) is 19.6 Å². The number of hydrogen-bond acceptors (Lipinski definition) is 8. The molecule has 33 heavy (non-hydrogen) atoms. The fourth-order valence-corrected chi connectivity index (χ4v) is 3.79. The summed E-state index contributed by atoms with van der Waals surface area (Å²) in [6.45, 7) is 2.31. The van der Waals surface area contributed by atoms with E-state index in [0.717, 1.165) is 5.56 Å². The lowest BCUT2D eigenvalue weighted by molar-refractivity contribution is -0.384. The number of ether oxygens (including phenoxy) is 3. The molecule has 1 N–H and O–H groups in total. The highest BCUT2D eigenvalue weighted by Crippen LogP contribution is 2.42. The molecule has 0 bridgehead atoms. The molecular weight excluding hydrogens is 424 g/mol. The average molecular weight is 446 g/mol. The molecule has 0 saturated carbocycles. The molecule has 168 valence electrons. The predicted molar refractivity (Wildman–Crippen MR) is 120 cm³/mol. The zero-order chi connectivity index (χ0) is 23.5. The molecule has 0 aliphatic carbocycles. The Hall–Kier alpha value is -4.16. The second kappa shape index (κ2) is 9.14. The van der Waals surface area contributed by atoms with Gasteiger partial charge in [-0.25, -0.2) is 0 Å². The van der Waals surface area contributed by atoms with Crippen LogP contribution in [0.3, 0.4) is 0 Å². The molecule has 4 rings (SSSR count). The van der Waals surface area contributed by atoms with Crippen LogP contribution in [-0.2, 0) is 6.42 Å². The number of nitrogens with zero attached hydrogens (tertiary/aromatic N) is 3. The first-order chi connectivity index (χ1) is 15.9. The van der Waals surface area contributed by atoms with E-state index in [1.54, 1.807) is 33.3 Å². The van der Waals surface area contributed by atoms with Crippen LogP contribution in [0.5, 0.6) is 17.2 Å². The van der Waals surface area contributed by atoms with Crippen molar-refractivity contribution >= 4 is 5.69 Å². The normalized spacial score (nSPS) is 13.8. The standard InChI is InChI=1S/C24H22N4O5/c1-14-16(13-25)11-19-23(27-14)18-12-17(28(29)30)5-7-20(18)33-24(19)26-9-8-15-4-6-21(31-2)22(10-15)32-3/h4-7,10-12,24,26H,8-9H2,1-3H3/t24-/m1/s1. The maximum atomic E-state index is 11.3. The van der Waals surface area contributed by atoms with Crippen molar-refractivity contribution in [1.29, 1.82) is 5.26 Å². The number of nitro benzene ring substituents is 1. The van der Waals surface area contributed by atoms with E-state index in [-0.39, 0.29) is 5.69 Å². The third kappa shape index (κ3) is 4.29. The van der Waals surface area contributed by atoms with Gasteiger partial charge in [0.2, 0.25) is 0 Å². The zero-order valence-corrected chi connectivity index (χ0v) is 18.4. The van der Waals surface area contributed by atoms with Gasteiger partial charge in [0.25, 0.3) is 5.69 Å². The highest BCUT2D eigenvalue weighted by molar-refractivity contribution is 5.75. The lowest BCUT2D eigenvalue weighted by Gasteiger charge is -2.29. The van der Waals surface area contributed by atoms with Gasteiger partial charge in [-0.1, -0.05) is 6.07 Å². The quantitative estimate of drug-likeness (QED) is 0.426. The summed E-state index contributed by atoms with van der Waals surface area (Å²) in [6.07, 6.45) is 0.127. The number of benzene rings is 2. The van der Waals surface area contributed by atoms with E-state index in [1.165, 1.54) is 12.1 Å². The number of aromatic nitrogens is 1. The number of nitriles is 1. The highest BCUT2D eigenvalue weighted by Gasteiger charge is 2.29. The molecule has 9 nitrogen and oxygen atoms in total. The Bertz CT molecular complexity index is 1270. The first kappa shape index (κ1) is 22.0. The van der Waals surface area contributed by atoms with E-state index < -0.39 is 11.2 Å². The van der Waals surface area contributed by atoms with E-state index in [4.69, 9.17) is 14.2 Å². The Morgan fingerprint density at radius 2 is 1.97 bits per heavy atom. The van der Waals surface area contributed by atoms with Crippen LogP contribution in [-0.4, -0.2) is 30.7 Å². The number of aryl methyl sites for hydroxylation is 1. The maximum Gasteiger partial charge on any atom is 0.270 e. The van der Waals surface area contributed by atoms with Gasteiger partial charge in [0.1, 0.15) is 11.8 Å². The van der Waals surface area contributed by atoms with Crippen LogP contribution in [0.4, 0.5) is 5.69 Å². The van der Waals surface area contributed by atoms with Gasteiger partial charge in [0.05, 0.1) is 36.1 Å². The fraction of sp³-hybridized carbons (Fsp3) is 0.250. The Kier molecular flexibility index (Phi) is 6.11. The number of non-ortho nitro benzene ring substituents is 1. The molecule has 0 amide bonds. The second-order valence-corrected chi connectivity index (χ2v) is 7.50. The molecule has 0 unspecified atom stereocenters. The Labute approximate surface area is 190 Å². The van der Waals surface area contributed by atoms with Gasteiger partial charge in [-0.15, -0.1) is 0 Å². The number of nitro groups is 1. The second-order valence-electron chi connectivity index (χ2n) is 7.50. The van der Waals surface area contributed by atoms with Crippen LogP contribution < -0.4 is 19.5 Å². The summed E-state index contributed by atoms with van der Waals surface area (Å²) in [6, 6.07) is 14.0. The lowest BCUT2D eigenvalue weighted by Crippen LogP contribution is -2.31. The molecule has 2 aromatic carbocycles. The molecule has 0 saturated heterocycles. The summed E-state index contributed by atoms with van der Waals surface area (Å²) >= 11 is 0. The molecule has 2 heterocycles. The summed E-state index contributed by atoms with van der Waals surface area (Å²) in [7, 11) is 3.19. The minimum absolute atomic E-state index is 0.0491. The number of rotatable bonds is 7. The van der Waals surface area contributed by atoms with Crippen LogP contribution in [0.25, 0.3) is 11.3 Å². The Balaban J connectivity index is 1.61. The Morgan fingerprint density at radius 1 is 1.18 bits per heavy atom. The number of pyridine rings is 1. The summed E-state index contributed by atoms with van der Waals surface area (Å²) in [4.78, 5) is 15.4. The molecular formula is C24H22N4O5. The first-order valence-electron chi connectivity index (χ1n) is 10.3. The Morgan fingerprint density at radius 3 is 2.67 bits per heavy atom. The van der Waals surface area contributed by atoms with Crippen molar-refractivity contribution in [2.24, 2.45) is 0 Å². The van der Waals surface area contributed by atoms with E-state index in [1.807, 2.05) is 18.2 Å². The van der Waals surface area contributed by atoms with Crippen molar-refractivity contribution in [2.75, 3.05) is 20.8 Å². The minimum atomic E-state index is -0.561. The van der Waals surface area contributed by atoms with Crippen molar-refractivity contribution in [3.05, 3.63) is 75.0 Å². The molecule has 1 aromatic heterocycles. The maximum absolute atomic E-state index is 11.3. The molecule has 1 atom stereocenters. The molecule has 1 aliphatic rings. The third-order valence-corrected chi connectivity index (χ3v) is 5.51.